The highest BCUT2D eigenvalue weighted by Crippen LogP contribution is 2.45. The van der Waals surface area contributed by atoms with Crippen LogP contribution < -0.4 is 9.47 Å². The Kier molecular flexibility index (Phi) is 7.46. The van der Waals surface area contributed by atoms with Crippen LogP contribution in [-0.2, 0) is 0 Å². The maximum Gasteiger partial charge on any atom is 0.118 e. The van der Waals surface area contributed by atoms with E-state index >= 15 is 0 Å². The van der Waals surface area contributed by atoms with Crippen molar-refractivity contribution in [1.82, 2.24) is 0 Å². The van der Waals surface area contributed by atoms with E-state index in [1.807, 2.05) is 72.8 Å². The maximum atomic E-state index is 12.4. The maximum absolute atomic E-state index is 12.4. The quantitative estimate of drug-likeness (QED) is 0.137. The van der Waals surface area contributed by atoms with Crippen molar-refractivity contribution >= 4 is 64.6 Å². The molecule has 0 heterocycles. The average Bonchev–Trinajstić information content (AvgIpc) is 3.23. The summed E-state index contributed by atoms with van der Waals surface area (Å²) in [5.74, 6) is 1.48. The molecule has 3 N–H and O–H groups in total. The molecule has 5 nitrogen and oxygen atoms in total. The molecule has 0 fully saturated rings. The first-order valence-electron chi connectivity index (χ1n) is 18.2. The summed E-state index contributed by atoms with van der Waals surface area (Å²) >= 11 is 0. The Morgan fingerprint density at radius 1 is 0.315 bits per heavy atom. The number of ether oxygens (including phenoxy) is 2. The normalized spacial score (nSPS) is 13.8. The minimum absolute atomic E-state index is 0.741. The molecule has 262 valence electrons. The molecule has 0 aliphatic carbocycles. The molecule has 0 spiro atoms. The molecule has 0 radical (unpaired) electrons. The number of aliphatic hydroxyl groups is 3. The number of benzene rings is 10. The Bertz CT molecular complexity index is 2800. The fourth-order valence-corrected chi connectivity index (χ4v) is 8.75. The van der Waals surface area contributed by atoms with E-state index in [0.29, 0.717) is 0 Å². The highest BCUT2D eigenvalue weighted by molar-refractivity contribution is 6.26. The summed E-state index contributed by atoms with van der Waals surface area (Å²) in [5, 5.41) is 48.2. The van der Waals surface area contributed by atoms with Crippen LogP contribution in [0.15, 0.2) is 146 Å². The van der Waals surface area contributed by atoms with E-state index < -0.39 is 18.3 Å². The fourth-order valence-electron chi connectivity index (χ4n) is 8.75. The highest BCUT2D eigenvalue weighted by Gasteiger charge is 2.24. The molecular formula is C49H36O5. The first-order valence-corrected chi connectivity index (χ1v) is 18.2. The fraction of sp³-hybridized carbons (Fsp3) is 0.102. The lowest BCUT2D eigenvalue weighted by atomic mass is 9.84. The molecule has 5 heteroatoms. The third-order valence-corrected chi connectivity index (χ3v) is 11.5. The van der Waals surface area contributed by atoms with Crippen LogP contribution >= 0.6 is 0 Å². The van der Waals surface area contributed by atoms with Crippen LogP contribution in [0.1, 0.15) is 51.7 Å². The summed E-state index contributed by atoms with van der Waals surface area (Å²) in [6.07, 6.45) is -2.55. The van der Waals surface area contributed by atoms with Gasteiger partial charge in [0.05, 0.1) is 14.2 Å². The van der Waals surface area contributed by atoms with Gasteiger partial charge in [0.1, 0.15) is 29.8 Å². The van der Waals surface area contributed by atoms with Crippen molar-refractivity contribution < 1.29 is 24.8 Å². The largest absolute Gasteiger partial charge is 0.497 e. The van der Waals surface area contributed by atoms with Gasteiger partial charge in [0.2, 0.25) is 0 Å². The van der Waals surface area contributed by atoms with Crippen molar-refractivity contribution in [3.63, 3.8) is 0 Å². The molecule has 0 saturated heterocycles. The first kappa shape index (κ1) is 32.4. The second kappa shape index (κ2) is 12.4. The summed E-state index contributed by atoms with van der Waals surface area (Å²) < 4.78 is 10.7. The molecule has 10 aromatic rings. The lowest BCUT2D eigenvalue weighted by Gasteiger charge is -2.22. The Hall–Kier alpha value is -6.24. The van der Waals surface area contributed by atoms with Crippen LogP contribution in [0.2, 0.25) is 0 Å². The van der Waals surface area contributed by atoms with Crippen molar-refractivity contribution in [1.29, 1.82) is 0 Å². The van der Waals surface area contributed by atoms with E-state index in [2.05, 4.69) is 72.8 Å². The second-order valence-electron chi connectivity index (χ2n) is 14.2. The third-order valence-electron chi connectivity index (χ3n) is 11.5. The van der Waals surface area contributed by atoms with Crippen LogP contribution in [0.25, 0.3) is 64.6 Å². The monoisotopic (exact) mass is 704 g/mol. The smallest absolute Gasteiger partial charge is 0.118 e. The zero-order valence-electron chi connectivity index (χ0n) is 29.7. The van der Waals surface area contributed by atoms with Crippen molar-refractivity contribution in [2.45, 2.75) is 18.3 Å². The van der Waals surface area contributed by atoms with Gasteiger partial charge in [-0.25, -0.2) is 0 Å². The lowest BCUT2D eigenvalue weighted by molar-refractivity contribution is 0.221. The Morgan fingerprint density at radius 2 is 0.574 bits per heavy atom. The van der Waals surface area contributed by atoms with E-state index in [4.69, 9.17) is 9.47 Å². The predicted molar refractivity (Wildman–Crippen MR) is 218 cm³/mol. The topological polar surface area (TPSA) is 79.2 Å². The lowest BCUT2D eigenvalue weighted by Crippen LogP contribution is -2.04. The van der Waals surface area contributed by atoms with Gasteiger partial charge >= 0.3 is 0 Å². The summed E-state index contributed by atoms with van der Waals surface area (Å²) in [7, 11) is 3.27. The van der Waals surface area contributed by atoms with Crippen LogP contribution in [0, 0.1) is 0 Å². The molecular weight excluding hydrogens is 669 g/mol. The van der Waals surface area contributed by atoms with Gasteiger partial charge < -0.3 is 24.8 Å². The van der Waals surface area contributed by atoms with Crippen molar-refractivity contribution in [2.75, 3.05) is 14.2 Å². The van der Waals surface area contributed by atoms with Crippen LogP contribution in [0.5, 0.6) is 11.5 Å². The Morgan fingerprint density at radius 3 is 0.852 bits per heavy atom. The van der Waals surface area contributed by atoms with Gasteiger partial charge in [-0.3, -0.25) is 0 Å². The van der Waals surface area contributed by atoms with E-state index in [0.717, 1.165) is 110 Å². The molecule has 2 unspecified atom stereocenters. The molecule has 2 atom stereocenters. The van der Waals surface area contributed by atoms with Gasteiger partial charge in [-0.05, 0) is 122 Å². The Balaban J connectivity index is 1.12. The highest BCUT2D eigenvalue weighted by atomic mass is 16.5. The number of rotatable bonds is 8. The van der Waals surface area contributed by atoms with Gasteiger partial charge in [0.25, 0.3) is 0 Å². The molecule has 54 heavy (non-hydrogen) atoms. The van der Waals surface area contributed by atoms with E-state index in [9.17, 15) is 15.3 Å². The van der Waals surface area contributed by atoms with Gasteiger partial charge in [0, 0.05) is 0 Å². The first-order chi connectivity index (χ1) is 26.4. The van der Waals surface area contributed by atoms with Crippen LogP contribution in [0.4, 0.5) is 0 Å². The molecule has 0 aromatic heterocycles. The second-order valence-corrected chi connectivity index (χ2v) is 14.2. The SMILES string of the molecule is COc1ccc(C(O)c2ccc3ccc4c(C(O)c5ccc6ccc7c(C(O)c8ccc(OC)cc8)ccc8ccc5c6c87)ccc5ccc2c3c54)cc1. The standard InChI is InChI=1S/C49H36O5/c1-53-33-15-3-31(4-16-33)47(50)39-23-11-27-9-21-37-41(25-13-29-7-19-35(39)43(27)45(29)37)49(52)42-26-14-30-8-20-36-40(48(51)32-5-17-34(54-2)18-6-32)24-12-28-10-22-38(42)46(30)44(28)36/h3-26,47-52H,1-2H3. The minimum Gasteiger partial charge on any atom is -0.497 e. The van der Waals surface area contributed by atoms with Gasteiger partial charge in [-0.15, -0.1) is 0 Å². The van der Waals surface area contributed by atoms with Gasteiger partial charge in [0.15, 0.2) is 0 Å². The summed E-state index contributed by atoms with van der Waals surface area (Å²) in [5.41, 5.74) is 4.89. The number of hydrogen-bond donors (Lipinski definition) is 3. The van der Waals surface area contributed by atoms with Crippen LogP contribution in [0.3, 0.4) is 0 Å². The number of hydrogen-bond acceptors (Lipinski definition) is 5. The summed E-state index contributed by atoms with van der Waals surface area (Å²) in [6, 6.07) is 48.4. The van der Waals surface area contributed by atoms with E-state index in [-0.39, 0.29) is 0 Å². The van der Waals surface area contributed by atoms with Gasteiger partial charge in [-0.1, -0.05) is 121 Å². The van der Waals surface area contributed by atoms with E-state index in [1.54, 1.807) is 14.2 Å². The number of aliphatic hydroxyl groups excluding tert-OH is 3. The molecule has 10 aromatic carbocycles. The molecule has 10 rings (SSSR count). The molecule has 0 bridgehead atoms. The molecule has 0 saturated carbocycles. The zero-order chi connectivity index (χ0) is 36.7. The van der Waals surface area contributed by atoms with Crippen molar-refractivity contribution in [3.8, 4) is 11.5 Å². The summed E-state index contributed by atoms with van der Waals surface area (Å²) in [6.45, 7) is 0. The van der Waals surface area contributed by atoms with Crippen molar-refractivity contribution in [3.05, 3.63) is 179 Å². The third kappa shape index (κ3) is 4.83. The molecule has 0 aliphatic heterocycles. The molecule has 0 amide bonds. The molecule has 0 aliphatic rings. The summed E-state index contributed by atoms with van der Waals surface area (Å²) in [4.78, 5) is 0. The predicted octanol–water partition coefficient (Wildman–Crippen LogP) is 10.7. The Labute approximate surface area is 311 Å². The zero-order valence-corrected chi connectivity index (χ0v) is 29.7. The van der Waals surface area contributed by atoms with Gasteiger partial charge in [-0.2, -0.15) is 0 Å². The number of methoxy groups -OCH3 is 2. The van der Waals surface area contributed by atoms with E-state index in [1.165, 1.54) is 0 Å². The average molecular weight is 705 g/mol. The van der Waals surface area contributed by atoms with Crippen molar-refractivity contribution in [2.24, 2.45) is 0 Å². The minimum atomic E-state index is -0.909. The van der Waals surface area contributed by atoms with Crippen LogP contribution in [-0.4, -0.2) is 29.5 Å².